The zero-order chi connectivity index (χ0) is 28.9. The lowest BCUT2D eigenvalue weighted by Crippen LogP contribution is -2.34. The van der Waals surface area contributed by atoms with Gasteiger partial charge in [-0.3, -0.25) is 4.79 Å². The van der Waals surface area contributed by atoms with E-state index in [2.05, 4.69) is 4.98 Å². The molecule has 0 amide bonds. The van der Waals surface area contributed by atoms with E-state index in [0.29, 0.717) is 42.2 Å². The molecule has 5 aromatic rings. The molecule has 0 spiro atoms. The molecule has 0 radical (unpaired) electrons. The van der Waals surface area contributed by atoms with E-state index in [1.54, 1.807) is 12.1 Å². The maximum Gasteiger partial charge on any atom is 0.328 e. The number of unbranched alkanes of at least 4 members (excludes halogenated alkanes) is 1. The van der Waals surface area contributed by atoms with Gasteiger partial charge in [0.25, 0.3) is 5.56 Å². The molecule has 0 aliphatic rings. The number of nitrogens with one attached hydrogen (secondary N) is 1. The second kappa shape index (κ2) is 12.5. The number of carbonyl (C=O) groups excluding carboxylic acids is 1. The van der Waals surface area contributed by atoms with Crippen LogP contribution in [0.4, 0.5) is 4.39 Å². The number of carbonyl (C=O) groups is 1. The Morgan fingerprint density at radius 1 is 1.05 bits per heavy atom. The molecule has 0 bridgehead atoms. The first-order chi connectivity index (χ1) is 19.9. The summed E-state index contributed by atoms with van der Waals surface area (Å²) in [6, 6.07) is 19.8. The Bertz CT molecular complexity index is 1740. The lowest BCUT2D eigenvalue weighted by atomic mass is 10.0. The smallest absolute Gasteiger partial charge is 0.328 e. The van der Waals surface area contributed by atoms with Crippen molar-refractivity contribution in [1.29, 1.82) is 0 Å². The summed E-state index contributed by atoms with van der Waals surface area (Å²) < 4.78 is 21.0. The van der Waals surface area contributed by atoms with Crippen LogP contribution in [0.15, 0.2) is 83.8 Å². The Labute approximate surface area is 240 Å². The summed E-state index contributed by atoms with van der Waals surface area (Å²) >= 11 is 6.13. The van der Waals surface area contributed by atoms with Gasteiger partial charge in [-0.1, -0.05) is 60.5 Å². The third-order valence-electron chi connectivity index (χ3n) is 6.80. The van der Waals surface area contributed by atoms with Crippen LogP contribution in [0.25, 0.3) is 27.9 Å². The van der Waals surface area contributed by atoms with Crippen LogP contribution >= 0.6 is 11.6 Å². The minimum absolute atomic E-state index is 0.108. The third-order valence-corrected chi connectivity index (χ3v) is 7.05. The molecule has 0 fully saturated rings. The Kier molecular flexibility index (Phi) is 8.58. The zero-order valence-electron chi connectivity index (χ0n) is 22.1. The molecular weight excluding hydrogens is 545 g/mol. The summed E-state index contributed by atoms with van der Waals surface area (Å²) in [5, 5.41) is 5.28. The number of aromatic nitrogens is 3. The number of rotatable bonds is 10. The van der Waals surface area contributed by atoms with Crippen LogP contribution in [0.1, 0.15) is 30.5 Å². The largest absolute Gasteiger partial charge is 0.425 e. The van der Waals surface area contributed by atoms with Gasteiger partial charge >= 0.3 is 5.97 Å². The van der Waals surface area contributed by atoms with Crippen molar-refractivity contribution in [3.8, 4) is 28.0 Å². The minimum atomic E-state index is -0.910. The number of hydrogen-bond acceptors (Lipinski definition) is 6. The van der Waals surface area contributed by atoms with Crippen LogP contribution in [-0.4, -0.2) is 33.2 Å². The molecule has 0 aliphatic heterocycles. The van der Waals surface area contributed by atoms with Crippen LogP contribution in [0.5, 0.6) is 5.75 Å². The number of nitrogens with zero attached hydrogens (tertiary/aromatic N) is 2. The molecule has 0 unspecified atom stereocenters. The predicted octanol–water partition coefficient (Wildman–Crippen LogP) is 5.10. The number of aromatic amines is 1. The lowest BCUT2D eigenvalue weighted by Gasteiger charge is -2.14. The average Bonchev–Trinajstić information content (AvgIpc) is 3.33. The molecule has 2 heterocycles. The average molecular weight is 574 g/mol. The molecule has 0 aliphatic carbocycles. The van der Waals surface area contributed by atoms with Crippen molar-refractivity contribution in [3.05, 3.63) is 111 Å². The van der Waals surface area contributed by atoms with Crippen LogP contribution in [0.2, 0.25) is 5.02 Å². The van der Waals surface area contributed by atoms with Crippen LogP contribution in [-0.2, 0) is 11.2 Å². The summed E-state index contributed by atoms with van der Waals surface area (Å²) in [5.41, 5.74) is 15.2. The van der Waals surface area contributed by atoms with Gasteiger partial charge in [-0.05, 0) is 54.8 Å². The highest BCUT2D eigenvalue weighted by Gasteiger charge is 2.23. The maximum atomic E-state index is 14.2. The van der Waals surface area contributed by atoms with Crippen molar-refractivity contribution in [2.45, 2.75) is 31.7 Å². The van der Waals surface area contributed by atoms with Gasteiger partial charge in [0.2, 0.25) is 0 Å². The first-order valence-electron chi connectivity index (χ1n) is 13.3. The number of fused-ring (bicyclic) bond motifs is 1. The highest BCUT2D eigenvalue weighted by atomic mass is 35.5. The molecular formula is C31H29ClFN5O3. The third kappa shape index (κ3) is 6.22. The molecule has 1 atom stereocenters. The van der Waals surface area contributed by atoms with E-state index in [4.69, 9.17) is 32.9 Å². The second-order valence-electron chi connectivity index (χ2n) is 9.71. The Morgan fingerprint density at radius 3 is 2.54 bits per heavy atom. The zero-order valence-corrected chi connectivity index (χ0v) is 22.9. The molecule has 0 saturated heterocycles. The molecule has 10 heteroatoms. The molecule has 210 valence electrons. The fraction of sp³-hybridized carbons (Fsp3) is 0.194. The monoisotopic (exact) mass is 573 g/mol. The van der Waals surface area contributed by atoms with Crippen molar-refractivity contribution in [3.63, 3.8) is 0 Å². The number of nitrogens with two attached hydrogens (primary N) is 2. The first-order valence-corrected chi connectivity index (χ1v) is 13.6. The van der Waals surface area contributed by atoms with Gasteiger partial charge in [0.1, 0.15) is 23.3 Å². The van der Waals surface area contributed by atoms with Crippen molar-refractivity contribution in [2.75, 3.05) is 6.54 Å². The molecule has 2 aromatic heterocycles. The van der Waals surface area contributed by atoms with E-state index in [-0.39, 0.29) is 16.9 Å². The highest BCUT2D eigenvalue weighted by Crippen LogP contribution is 2.32. The van der Waals surface area contributed by atoms with Crippen LogP contribution in [0.3, 0.4) is 0 Å². The van der Waals surface area contributed by atoms with E-state index in [0.717, 1.165) is 29.2 Å². The second-order valence-corrected chi connectivity index (χ2v) is 10.1. The summed E-state index contributed by atoms with van der Waals surface area (Å²) in [4.78, 5) is 29.7. The topological polar surface area (TPSA) is 128 Å². The van der Waals surface area contributed by atoms with Gasteiger partial charge in [0, 0.05) is 34.8 Å². The molecule has 5 N–H and O–H groups in total. The predicted molar refractivity (Wildman–Crippen MR) is 157 cm³/mol. The first kappa shape index (κ1) is 28.2. The van der Waals surface area contributed by atoms with Gasteiger partial charge in [0.05, 0.1) is 11.3 Å². The van der Waals surface area contributed by atoms with E-state index >= 15 is 0 Å². The van der Waals surface area contributed by atoms with E-state index in [9.17, 15) is 14.0 Å². The van der Waals surface area contributed by atoms with E-state index < -0.39 is 23.4 Å². The summed E-state index contributed by atoms with van der Waals surface area (Å²) in [5.74, 6) is -1.45. The quantitative estimate of drug-likeness (QED) is 0.121. The summed E-state index contributed by atoms with van der Waals surface area (Å²) in [7, 11) is 0. The minimum Gasteiger partial charge on any atom is -0.425 e. The number of benzene rings is 3. The maximum absolute atomic E-state index is 14.2. The number of H-pyrrole nitrogens is 1. The van der Waals surface area contributed by atoms with Crippen molar-refractivity contribution >= 4 is 23.2 Å². The van der Waals surface area contributed by atoms with E-state index in [1.807, 2.05) is 42.5 Å². The highest BCUT2D eigenvalue weighted by molar-refractivity contribution is 6.30. The number of ether oxygens (including phenoxy) is 1. The Hall–Kier alpha value is -4.31. The van der Waals surface area contributed by atoms with Gasteiger partial charge in [0.15, 0.2) is 0 Å². The van der Waals surface area contributed by atoms with Crippen LogP contribution < -0.4 is 21.8 Å². The molecule has 0 saturated carbocycles. The van der Waals surface area contributed by atoms with Gasteiger partial charge in [-0.15, -0.1) is 0 Å². The Balaban J connectivity index is 1.59. The summed E-state index contributed by atoms with van der Waals surface area (Å²) in [6.07, 6.45) is 3.73. The van der Waals surface area contributed by atoms with Gasteiger partial charge < -0.3 is 21.2 Å². The standard InChI is InChI=1S/C31H29ClFN5O3/c32-21-11-9-20(10-12-21)28-26(16-19-6-2-1-3-7-19)37-38-29(28)36-18-24(30(38)39)23-14-13-22(33)17-27(23)41-31(40)25(35)8-4-5-15-34/h1-3,6-7,9-14,17-18,25,36H,4-5,8,15-16,34-35H2/t25-/m1/s1. The van der Waals surface area contributed by atoms with Gasteiger partial charge in [-0.25, -0.2) is 9.18 Å². The lowest BCUT2D eigenvalue weighted by molar-refractivity contribution is -0.136. The fourth-order valence-corrected chi connectivity index (χ4v) is 4.83. The Morgan fingerprint density at radius 2 is 1.80 bits per heavy atom. The number of esters is 1. The van der Waals surface area contributed by atoms with Gasteiger partial charge in [-0.2, -0.15) is 9.61 Å². The fourth-order valence-electron chi connectivity index (χ4n) is 4.70. The van der Waals surface area contributed by atoms with Crippen LogP contribution in [0, 0.1) is 5.82 Å². The van der Waals surface area contributed by atoms with Crippen molar-refractivity contribution in [1.82, 2.24) is 14.6 Å². The molecule has 41 heavy (non-hydrogen) atoms. The van der Waals surface area contributed by atoms with Crippen molar-refractivity contribution in [2.24, 2.45) is 11.5 Å². The SMILES string of the molecule is NCCCC[C@@H](N)C(=O)Oc1cc(F)ccc1-c1c[nH]c2c(-c3ccc(Cl)cc3)c(Cc3ccccc3)nn2c1=O. The normalized spacial score (nSPS) is 12.0. The molecule has 3 aromatic carbocycles. The van der Waals surface area contributed by atoms with E-state index in [1.165, 1.54) is 22.8 Å². The summed E-state index contributed by atoms with van der Waals surface area (Å²) in [6.45, 7) is 0.487. The number of hydrogen-bond donors (Lipinski definition) is 3. The molecule has 8 nitrogen and oxygen atoms in total. The number of halogens is 2. The van der Waals surface area contributed by atoms with Crippen molar-refractivity contribution < 1.29 is 13.9 Å². The molecule has 5 rings (SSSR count).